The van der Waals surface area contributed by atoms with Gasteiger partial charge in [0.05, 0.1) is 12.0 Å². The molecule has 0 aromatic heterocycles. The van der Waals surface area contributed by atoms with E-state index in [4.69, 9.17) is 9.47 Å². The molecule has 0 heterocycles. The number of nitrogens with zero attached hydrogens (tertiary/aromatic N) is 1. The second-order valence-corrected chi connectivity index (χ2v) is 4.66. The minimum atomic E-state index is -0.635. The zero-order valence-corrected chi connectivity index (χ0v) is 11.9. The zero-order valence-electron chi connectivity index (χ0n) is 10.3. The van der Waals surface area contributed by atoms with Gasteiger partial charge in [-0.1, -0.05) is 22.0 Å². The van der Waals surface area contributed by atoms with E-state index in [1.54, 1.807) is 0 Å². The molecule has 0 amide bonds. The third kappa shape index (κ3) is 2.88. The Morgan fingerprint density at radius 2 is 1.90 bits per heavy atom. The Labute approximate surface area is 122 Å². The molecule has 2 rings (SSSR count). The van der Waals surface area contributed by atoms with Gasteiger partial charge in [0.25, 0.3) is 0 Å². The fourth-order valence-corrected chi connectivity index (χ4v) is 1.94. The molecule has 0 aliphatic carbocycles. The third-order valence-electron chi connectivity index (χ3n) is 2.48. The SMILES string of the molecule is COc1cccc(Oc2cc(Br)ccc2F)c1[N+](=O)[O-]. The Kier molecular flexibility index (Phi) is 4.19. The van der Waals surface area contributed by atoms with Crippen LogP contribution in [0.4, 0.5) is 10.1 Å². The van der Waals surface area contributed by atoms with Crippen LogP contribution in [-0.4, -0.2) is 12.0 Å². The van der Waals surface area contributed by atoms with Crippen LogP contribution in [0.1, 0.15) is 0 Å². The lowest BCUT2D eigenvalue weighted by Crippen LogP contribution is -1.98. The molecule has 0 aliphatic heterocycles. The highest BCUT2D eigenvalue weighted by Gasteiger charge is 2.23. The van der Waals surface area contributed by atoms with Gasteiger partial charge in [-0.05, 0) is 30.3 Å². The Hall–Kier alpha value is -2.15. The maximum absolute atomic E-state index is 13.6. The molecule has 0 spiro atoms. The van der Waals surface area contributed by atoms with Gasteiger partial charge in [-0.3, -0.25) is 10.1 Å². The van der Waals surface area contributed by atoms with Crippen LogP contribution in [0.2, 0.25) is 0 Å². The number of benzene rings is 2. The summed E-state index contributed by atoms with van der Waals surface area (Å²) in [6.07, 6.45) is 0. The van der Waals surface area contributed by atoms with Gasteiger partial charge in [0.2, 0.25) is 11.5 Å². The summed E-state index contributed by atoms with van der Waals surface area (Å²) in [6.45, 7) is 0. The fraction of sp³-hybridized carbons (Fsp3) is 0.0769. The largest absolute Gasteiger partial charge is 0.490 e. The van der Waals surface area contributed by atoms with Crippen LogP contribution in [0.3, 0.4) is 0 Å². The molecule has 0 unspecified atom stereocenters. The lowest BCUT2D eigenvalue weighted by atomic mass is 10.2. The summed E-state index contributed by atoms with van der Waals surface area (Å²) in [5, 5.41) is 11.1. The first-order chi connectivity index (χ1) is 9.52. The van der Waals surface area contributed by atoms with Crippen LogP contribution < -0.4 is 9.47 Å². The number of rotatable bonds is 4. The van der Waals surface area contributed by atoms with Crippen molar-refractivity contribution in [3.63, 3.8) is 0 Å². The third-order valence-corrected chi connectivity index (χ3v) is 2.97. The summed E-state index contributed by atoms with van der Waals surface area (Å²) in [6, 6.07) is 8.42. The van der Waals surface area contributed by atoms with E-state index in [-0.39, 0.29) is 22.9 Å². The van der Waals surface area contributed by atoms with Gasteiger partial charge in [-0.25, -0.2) is 4.39 Å². The molecule has 0 fully saturated rings. The molecule has 104 valence electrons. The summed E-state index contributed by atoms with van der Waals surface area (Å²) in [5.74, 6) is -0.782. The summed E-state index contributed by atoms with van der Waals surface area (Å²) >= 11 is 3.18. The summed E-state index contributed by atoms with van der Waals surface area (Å²) in [4.78, 5) is 10.5. The van der Waals surface area contributed by atoms with Crippen molar-refractivity contribution in [2.75, 3.05) is 7.11 Å². The van der Waals surface area contributed by atoms with Crippen LogP contribution in [0.5, 0.6) is 17.2 Å². The van der Waals surface area contributed by atoms with E-state index in [1.807, 2.05) is 0 Å². The second kappa shape index (κ2) is 5.87. The summed E-state index contributed by atoms with van der Waals surface area (Å²) in [7, 11) is 1.31. The molecule has 0 saturated carbocycles. The molecule has 0 atom stereocenters. The smallest absolute Gasteiger partial charge is 0.352 e. The minimum absolute atomic E-state index is 0.0444. The lowest BCUT2D eigenvalue weighted by Gasteiger charge is -2.09. The Balaban J connectivity index is 2.48. The number of para-hydroxylation sites is 1. The second-order valence-electron chi connectivity index (χ2n) is 3.74. The fourth-order valence-electron chi connectivity index (χ4n) is 1.60. The van der Waals surface area contributed by atoms with E-state index in [9.17, 15) is 14.5 Å². The number of halogens is 2. The number of hydrogen-bond acceptors (Lipinski definition) is 4. The number of methoxy groups -OCH3 is 1. The van der Waals surface area contributed by atoms with E-state index in [0.29, 0.717) is 4.47 Å². The average molecular weight is 342 g/mol. The molecular weight excluding hydrogens is 333 g/mol. The molecule has 0 aliphatic rings. The predicted molar refractivity (Wildman–Crippen MR) is 73.8 cm³/mol. The lowest BCUT2D eigenvalue weighted by molar-refractivity contribution is -0.386. The van der Waals surface area contributed by atoms with Crippen molar-refractivity contribution in [3.8, 4) is 17.2 Å². The highest BCUT2D eigenvalue weighted by atomic mass is 79.9. The topological polar surface area (TPSA) is 61.6 Å². The van der Waals surface area contributed by atoms with Gasteiger partial charge in [-0.2, -0.15) is 0 Å². The van der Waals surface area contributed by atoms with E-state index < -0.39 is 10.7 Å². The first-order valence-electron chi connectivity index (χ1n) is 5.47. The highest BCUT2D eigenvalue weighted by molar-refractivity contribution is 9.10. The normalized spacial score (nSPS) is 10.2. The van der Waals surface area contributed by atoms with Crippen LogP contribution in [0.15, 0.2) is 40.9 Å². The van der Waals surface area contributed by atoms with Gasteiger partial charge in [0, 0.05) is 4.47 Å². The molecule has 2 aromatic carbocycles. The molecule has 0 N–H and O–H groups in total. The van der Waals surface area contributed by atoms with Gasteiger partial charge in [-0.15, -0.1) is 0 Å². The average Bonchev–Trinajstić information content (AvgIpc) is 2.42. The van der Waals surface area contributed by atoms with E-state index in [0.717, 1.165) is 0 Å². The van der Waals surface area contributed by atoms with Crippen molar-refractivity contribution in [3.05, 3.63) is 56.8 Å². The van der Waals surface area contributed by atoms with Crippen molar-refractivity contribution in [1.82, 2.24) is 0 Å². The minimum Gasteiger partial charge on any atom is -0.490 e. The maximum Gasteiger partial charge on any atom is 0.352 e. The maximum atomic E-state index is 13.6. The quantitative estimate of drug-likeness (QED) is 0.614. The van der Waals surface area contributed by atoms with Crippen molar-refractivity contribution in [1.29, 1.82) is 0 Å². The van der Waals surface area contributed by atoms with E-state index in [2.05, 4.69) is 15.9 Å². The molecule has 2 aromatic rings. The molecule has 5 nitrogen and oxygen atoms in total. The summed E-state index contributed by atoms with van der Waals surface area (Å²) < 4.78 is 24.4. The van der Waals surface area contributed by atoms with E-state index in [1.165, 1.54) is 43.5 Å². The number of nitro groups is 1. The zero-order chi connectivity index (χ0) is 14.7. The van der Waals surface area contributed by atoms with Crippen molar-refractivity contribution >= 4 is 21.6 Å². The Bertz CT molecular complexity index is 663. The first kappa shape index (κ1) is 14.3. The molecule has 0 saturated heterocycles. The molecule has 20 heavy (non-hydrogen) atoms. The van der Waals surface area contributed by atoms with Gasteiger partial charge in [0.1, 0.15) is 0 Å². The predicted octanol–water partition coefficient (Wildman–Crippen LogP) is 4.30. The Morgan fingerprint density at radius 1 is 1.20 bits per heavy atom. The molecular formula is C13H9BrFNO4. The van der Waals surface area contributed by atoms with Gasteiger partial charge in [0.15, 0.2) is 11.6 Å². The van der Waals surface area contributed by atoms with Gasteiger partial charge < -0.3 is 9.47 Å². The van der Waals surface area contributed by atoms with Crippen LogP contribution in [-0.2, 0) is 0 Å². The molecule has 0 bridgehead atoms. The highest BCUT2D eigenvalue weighted by Crippen LogP contribution is 2.39. The van der Waals surface area contributed by atoms with Crippen LogP contribution in [0, 0.1) is 15.9 Å². The number of hydrogen-bond donors (Lipinski definition) is 0. The van der Waals surface area contributed by atoms with E-state index >= 15 is 0 Å². The van der Waals surface area contributed by atoms with Crippen molar-refractivity contribution in [2.45, 2.75) is 0 Å². The number of ether oxygens (including phenoxy) is 2. The first-order valence-corrected chi connectivity index (χ1v) is 6.26. The molecule has 0 radical (unpaired) electrons. The van der Waals surface area contributed by atoms with Crippen LogP contribution >= 0.6 is 15.9 Å². The van der Waals surface area contributed by atoms with Crippen molar-refractivity contribution < 1.29 is 18.8 Å². The number of nitro benzene ring substituents is 1. The standard InChI is InChI=1S/C13H9BrFNO4/c1-19-10-3-2-4-11(13(10)16(17)18)20-12-7-8(14)5-6-9(12)15/h2-7H,1H3. The van der Waals surface area contributed by atoms with Crippen LogP contribution in [0.25, 0.3) is 0 Å². The summed E-state index contributed by atoms with van der Waals surface area (Å²) in [5.41, 5.74) is -0.352. The monoisotopic (exact) mass is 341 g/mol. The molecule has 7 heteroatoms. The van der Waals surface area contributed by atoms with Crippen molar-refractivity contribution in [2.24, 2.45) is 0 Å². The Morgan fingerprint density at radius 3 is 2.55 bits per heavy atom. The van der Waals surface area contributed by atoms with Gasteiger partial charge >= 0.3 is 5.69 Å².